The number of methoxy groups -OCH3 is 1. The summed E-state index contributed by atoms with van der Waals surface area (Å²) in [5, 5.41) is 6.12. The van der Waals surface area contributed by atoms with E-state index in [0.717, 1.165) is 24.1 Å². The van der Waals surface area contributed by atoms with Crippen LogP contribution in [0.2, 0.25) is 0 Å². The molecule has 0 radical (unpaired) electrons. The second-order valence-electron chi connectivity index (χ2n) is 9.13. The van der Waals surface area contributed by atoms with Crippen molar-refractivity contribution in [1.82, 2.24) is 10.3 Å². The highest BCUT2D eigenvalue weighted by Crippen LogP contribution is 2.58. The number of thiazole rings is 1. The molecule has 2 amide bonds. The number of halogens is 3. The minimum Gasteiger partial charge on any atom is -0.496 e. The maximum atomic E-state index is 14.1. The predicted octanol–water partition coefficient (Wildman–Crippen LogP) is 4.69. The summed E-state index contributed by atoms with van der Waals surface area (Å²) in [6.45, 7) is 2.57. The number of benzene rings is 2. The van der Waals surface area contributed by atoms with Gasteiger partial charge in [0.15, 0.2) is 0 Å². The maximum Gasteiger partial charge on any atom is 0.273 e. The van der Waals surface area contributed by atoms with Crippen molar-refractivity contribution in [3.8, 4) is 5.75 Å². The van der Waals surface area contributed by atoms with Crippen LogP contribution in [0.4, 0.5) is 18.9 Å². The number of carbonyl (C=O) groups is 2. The van der Waals surface area contributed by atoms with Crippen molar-refractivity contribution < 1.29 is 32.2 Å². The average molecular weight is 506 g/mol. The Morgan fingerprint density at radius 2 is 1.94 bits per heavy atom. The first-order chi connectivity index (χ1) is 16.5. The number of amides is 2. The maximum absolute atomic E-state index is 14.1. The van der Waals surface area contributed by atoms with Crippen molar-refractivity contribution in [3.63, 3.8) is 0 Å². The Bertz CT molecular complexity index is 1360. The van der Waals surface area contributed by atoms with Crippen molar-refractivity contribution in [3.05, 3.63) is 52.3 Å². The monoisotopic (exact) mass is 505 g/mol. The topological polar surface area (TPSA) is 89.5 Å². The number of aryl methyl sites for hydroxylation is 1. The quantitative estimate of drug-likeness (QED) is 0.507. The van der Waals surface area contributed by atoms with E-state index in [0.29, 0.717) is 16.0 Å². The van der Waals surface area contributed by atoms with Gasteiger partial charge in [0.1, 0.15) is 22.7 Å². The van der Waals surface area contributed by atoms with Crippen LogP contribution in [0.25, 0.3) is 10.2 Å². The zero-order chi connectivity index (χ0) is 25.2. The summed E-state index contributed by atoms with van der Waals surface area (Å²) in [4.78, 5) is 30.8. The summed E-state index contributed by atoms with van der Waals surface area (Å²) in [5.41, 5.74) is -1.76. The molecule has 35 heavy (non-hydrogen) atoms. The fourth-order valence-electron chi connectivity index (χ4n) is 4.86. The van der Waals surface area contributed by atoms with E-state index in [9.17, 15) is 22.8 Å². The average Bonchev–Trinajstić information content (AvgIpc) is 3.43. The van der Waals surface area contributed by atoms with Crippen LogP contribution in [0.15, 0.2) is 30.3 Å². The van der Waals surface area contributed by atoms with Crippen LogP contribution in [0.3, 0.4) is 0 Å². The fourth-order valence-corrected chi connectivity index (χ4v) is 5.82. The first-order valence-electron chi connectivity index (χ1n) is 10.9. The highest BCUT2D eigenvalue weighted by molar-refractivity contribution is 7.19. The molecule has 7 nitrogen and oxygen atoms in total. The molecule has 2 saturated heterocycles. The zero-order valence-corrected chi connectivity index (χ0v) is 19.9. The van der Waals surface area contributed by atoms with Gasteiger partial charge in [0.25, 0.3) is 17.7 Å². The van der Waals surface area contributed by atoms with Crippen LogP contribution in [0.1, 0.15) is 45.5 Å². The first kappa shape index (κ1) is 23.6. The number of nitrogens with zero attached hydrogens (tertiary/aromatic N) is 1. The molecule has 3 fully saturated rings. The Balaban J connectivity index is 1.42. The lowest BCUT2D eigenvalue weighted by molar-refractivity contribution is -0.188. The van der Waals surface area contributed by atoms with Gasteiger partial charge in [-0.25, -0.2) is 18.2 Å². The highest BCUT2D eigenvalue weighted by Gasteiger charge is 2.71. The number of aromatic nitrogens is 1. The molecule has 3 aromatic rings. The molecule has 2 aromatic carbocycles. The molecule has 0 spiro atoms. The van der Waals surface area contributed by atoms with E-state index in [-0.39, 0.29) is 36.3 Å². The minimum absolute atomic E-state index is 0.00610. The third-order valence-corrected chi connectivity index (χ3v) is 7.60. The first-order valence-corrected chi connectivity index (χ1v) is 11.7. The SMILES string of the molecule is COc1ccc2nc(C)sc2c1C(=O)Nc1cc(F)ccc1C(=O)NC12COC(C(C)(F)F)(C1)C2. The molecule has 1 aromatic heterocycles. The number of carbonyl (C=O) groups excluding carboxylic acids is 2. The van der Waals surface area contributed by atoms with Crippen LogP contribution in [0.5, 0.6) is 5.75 Å². The fraction of sp³-hybridized carbons (Fsp3) is 0.375. The number of alkyl halides is 2. The van der Waals surface area contributed by atoms with E-state index >= 15 is 0 Å². The molecule has 0 atom stereocenters. The molecule has 1 aliphatic carbocycles. The molecule has 3 aliphatic rings. The van der Waals surface area contributed by atoms with Crippen molar-refractivity contribution in [2.24, 2.45) is 0 Å². The number of hydrogen-bond acceptors (Lipinski definition) is 6. The van der Waals surface area contributed by atoms with E-state index in [1.54, 1.807) is 12.1 Å². The van der Waals surface area contributed by atoms with Crippen LogP contribution >= 0.6 is 11.3 Å². The molecule has 11 heteroatoms. The molecule has 3 heterocycles. The van der Waals surface area contributed by atoms with Gasteiger partial charge in [-0.3, -0.25) is 9.59 Å². The van der Waals surface area contributed by atoms with Crippen molar-refractivity contribution >= 4 is 39.1 Å². The lowest BCUT2D eigenvalue weighted by atomic mass is 9.65. The van der Waals surface area contributed by atoms with Gasteiger partial charge in [-0.05, 0) is 37.3 Å². The summed E-state index contributed by atoms with van der Waals surface area (Å²) in [6.07, 6.45) is -0.0515. The largest absolute Gasteiger partial charge is 0.496 e. The molecule has 0 unspecified atom stereocenters. The number of fused-ring (bicyclic) bond motifs is 2. The van der Waals surface area contributed by atoms with E-state index < -0.39 is 34.7 Å². The van der Waals surface area contributed by atoms with Crippen molar-refractivity contribution in [1.29, 1.82) is 0 Å². The molecular weight excluding hydrogens is 483 g/mol. The van der Waals surface area contributed by atoms with Gasteiger partial charge in [-0.15, -0.1) is 11.3 Å². The van der Waals surface area contributed by atoms with Gasteiger partial charge in [-0.2, -0.15) is 0 Å². The third-order valence-electron chi connectivity index (χ3n) is 6.60. The van der Waals surface area contributed by atoms with E-state index in [4.69, 9.17) is 9.47 Å². The highest BCUT2D eigenvalue weighted by atomic mass is 32.1. The third kappa shape index (κ3) is 3.82. The number of nitrogens with one attached hydrogen (secondary N) is 2. The van der Waals surface area contributed by atoms with Crippen molar-refractivity contribution in [2.45, 2.75) is 43.8 Å². The lowest BCUT2D eigenvalue weighted by Gasteiger charge is -2.47. The van der Waals surface area contributed by atoms with E-state index in [1.165, 1.54) is 24.5 Å². The van der Waals surface area contributed by atoms with Gasteiger partial charge in [0.2, 0.25) is 0 Å². The standard InChI is InChI=1S/C24H22F3N3O4S/c1-12-28-15-6-7-17(33-3)18(19(15)35-12)21(32)29-16-8-13(25)4-5-14(16)20(31)30-23-9-24(10-23,34-11-23)22(2,26)27/h4-8H,9-11H2,1-3H3,(H,29,32)(H,30,31). The van der Waals surface area contributed by atoms with Crippen LogP contribution in [-0.2, 0) is 4.74 Å². The van der Waals surface area contributed by atoms with E-state index in [2.05, 4.69) is 15.6 Å². The van der Waals surface area contributed by atoms with Crippen LogP contribution < -0.4 is 15.4 Å². The van der Waals surface area contributed by atoms with Crippen LogP contribution in [-0.4, -0.2) is 47.6 Å². The normalized spacial score (nSPS) is 23.1. The Kier molecular flexibility index (Phi) is 5.33. The van der Waals surface area contributed by atoms with E-state index in [1.807, 2.05) is 6.92 Å². The minimum atomic E-state index is -3.04. The summed E-state index contributed by atoms with van der Waals surface area (Å²) in [6, 6.07) is 6.71. The molecule has 2 N–H and O–H groups in total. The molecule has 1 saturated carbocycles. The number of ether oxygens (including phenoxy) is 2. The molecule has 2 bridgehead atoms. The summed E-state index contributed by atoms with van der Waals surface area (Å²) in [5.74, 6) is -4.63. The van der Waals surface area contributed by atoms with Gasteiger partial charge in [-0.1, -0.05) is 0 Å². The number of hydrogen-bond donors (Lipinski definition) is 2. The van der Waals surface area contributed by atoms with Crippen LogP contribution in [0, 0.1) is 12.7 Å². The summed E-state index contributed by atoms with van der Waals surface area (Å²) < 4.78 is 53.3. The van der Waals surface area contributed by atoms with Gasteiger partial charge >= 0.3 is 0 Å². The smallest absolute Gasteiger partial charge is 0.273 e. The van der Waals surface area contributed by atoms with Gasteiger partial charge in [0.05, 0.1) is 45.7 Å². The Labute approximate surface area is 202 Å². The summed E-state index contributed by atoms with van der Waals surface area (Å²) in [7, 11) is 1.42. The zero-order valence-electron chi connectivity index (χ0n) is 19.1. The second-order valence-corrected chi connectivity index (χ2v) is 10.3. The second kappa shape index (κ2) is 7.92. The molecule has 184 valence electrons. The Hall–Kier alpha value is -3.18. The Morgan fingerprint density at radius 3 is 2.60 bits per heavy atom. The number of rotatable bonds is 6. The Morgan fingerprint density at radius 1 is 1.20 bits per heavy atom. The molecule has 2 aliphatic heterocycles. The molecule has 6 rings (SSSR count). The van der Waals surface area contributed by atoms with Gasteiger partial charge in [0, 0.05) is 19.8 Å². The molecular formula is C24H22F3N3O4S. The summed E-state index contributed by atoms with van der Waals surface area (Å²) >= 11 is 1.31. The van der Waals surface area contributed by atoms with Gasteiger partial charge < -0.3 is 20.1 Å². The number of anilines is 1. The predicted molar refractivity (Wildman–Crippen MR) is 124 cm³/mol. The van der Waals surface area contributed by atoms with Crippen molar-refractivity contribution in [2.75, 3.05) is 19.0 Å². The lowest BCUT2D eigenvalue weighted by Crippen LogP contribution is -2.64.